The van der Waals surface area contributed by atoms with Gasteiger partial charge in [0, 0.05) is 11.6 Å². The van der Waals surface area contributed by atoms with Crippen LogP contribution in [0.2, 0.25) is 0 Å². The number of hydrogen-bond acceptors (Lipinski definition) is 3. The van der Waals surface area contributed by atoms with E-state index < -0.39 is 0 Å². The van der Waals surface area contributed by atoms with Gasteiger partial charge in [-0.2, -0.15) is 0 Å². The molecule has 0 aliphatic heterocycles. The molecule has 4 nitrogen and oxygen atoms in total. The summed E-state index contributed by atoms with van der Waals surface area (Å²) in [5, 5.41) is 2.94. The van der Waals surface area contributed by atoms with Crippen molar-refractivity contribution in [1.29, 1.82) is 0 Å². The van der Waals surface area contributed by atoms with E-state index in [0.717, 1.165) is 12.8 Å². The van der Waals surface area contributed by atoms with E-state index in [1.165, 1.54) is 11.1 Å². The van der Waals surface area contributed by atoms with E-state index in [1.54, 1.807) is 25.3 Å². The average Bonchev–Trinajstić information content (AvgIpc) is 2.91. The lowest BCUT2D eigenvalue weighted by molar-refractivity contribution is -0.119. The van der Waals surface area contributed by atoms with E-state index in [0.29, 0.717) is 17.1 Å². The summed E-state index contributed by atoms with van der Waals surface area (Å²) in [6, 6.07) is 13.5. The molecule has 2 aromatic rings. The first kappa shape index (κ1) is 13.5. The van der Waals surface area contributed by atoms with Gasteiger partial charge in [0.2, 0.25) is 5.91 Å². The Kier molecular flexibility index (Phi) is 3.52. The third kappa shape index (κ3) is 2.70. The summed E-state index contributed by atoms with van der Waals surface area (Å²) < 4.78 is 5.11. The van der Waals surface area contributed by atoms with Crippen LogP contribution in [0.4, 0.5) is 11.4 Å². The van der Waals surface area contributed by atoms with Crippen LogP contribution in [0.15, 0.2) is 42.5 Å². The van der Waals surface area contributed by atoms with Gasteiger partial charge < -0.3 is 15.8 Å². The zero-order chi connectivity index (χ0) is 14.8. The first-order valence-electron chi connectivity index (χ1n) is 6.98. The molecule has 0 unspecified atom stereocenters. The fourth-order valence-corrected chi connectivity index (χ4v) is 2.80. The highest BCUT2D eigenvalue weighted by molar-refractivity contribution is 5.94. The van der Waals surface area contributed by atoms with E-state index >= 15 is 0 Å². The Balaban J connectivity index is 1.69. The SMILES string of the molecule is COc1ccc(NC(=O)C2Cc3ccccc3C2)cc1N. The largest absolute Gasteiger partial charge is 0.495 e. The summed E-state index contributed by atoms with van der Waals surface area (Å²) in [7, 11) is 1.57. The Morgan fingerprint density at radius 2 is 1.86 bits per heavy atom. The smallest absolute Gasteiger partial charge is 0.228 e. The number of benzene rings is 2. The number of carbonyl (C=O) groups is 1. The number of hydrogen-bond donors (Lipinski definition) is 2. The second-order valence-electron chi connectivity index (χ2n) is 5.32. The monoisotopic (exact) mass is 282 g/mol. The maximum absolute atomic E-state index is 12.4. The van der Waals surface area contributed by atoms with Gasteiger partial charge in [0.25, 0.3) is 0 Å². The number of carbonyl (C=O) groups excluding carboxylic acids is 1. The summed E-state index contributed by atoms with van der Waals surface area (Å²) in [5.41, 5.74) is 9.62. The highest BCUT2D eigenvalue weighted by Crippen LogP contribution is 2.29. The molecule has 3 rings (SSSR count). The molecule has 1 aliphatic rings. The van der Waals surface area contributed by atoms with Crippen LogP contribution in [0, 0.1) is 5.92 Å². The number of nitrogen functional groups attached to an aromatic ring is 1. The number of anilines is 2. The molecule has 1 aliphatic carbocycles. The molecule has 0 radical (unpaired) electrons. The number of nitrogens with one attached hydrogen (secondary N) is 1. The maximum Gasteiger partial charge on any atom is 0.228 e. The molecule has 0 heterocycles. The minimum absolute atomic E-state index is 0.00859. The van der Waals surface area contributed by atoms with E-state index in [1.807, 2.05) is 12.1 Å². The second-order valence-corrected chi connectivity index (χ2v) is 5.32. The Morgan fingerprint density at radius 3 is 2.43 bits per heavy atom. The van der Waals surface area contributed by atoms with Crippen molar-refractivity contribution in [3.63, 3.8) is 0 Å². The van der Waals surface area contributed by atoms with Gasteiger partial charge in [-0.1, -0.05) is 24.3 Å². The quantitative estimate of drug-likeness (QED) is 0.851. The molecule has 21 heavy (non-hydrogen) atoms. The number of rotatable bonds is 3. The molecule has 0 aromatic heterocycles. The summed E-state index contributed by atoms with van der Waals surface area (Å²) >= 11 is 0. The van der Waals surface area contributed by atoms with Crippen LogP contribution in [-0.2, 0) is 17.6 Å². The van der Waals surface area contributed by atoms with Gasteiger partial charge in [0.1, 0.15) is 5.75 Å². The van der Waals surface area contributed by atoms with Gasteiger partial charge in [-0.15, -0.1) is 0 Å². The minimum Gasteiger partial charge on any atom is -0.495 e. The molecule has 108 valence electrons. The molecule has 4 heteroatoms. The van der Waals surface area contributed by atoms with Crippen molar-refractivity contribution < 1.29 is 9.53 Å². The second kappa shape index (κ2) is 5.48. The van der Waals surface area contributed by atoms with Gasteiger partial charge in [-0.05, 0) is 42.2 Å². The predicted molar refractivity (Wildman–Crippen MR) is 83.4 cm³/mol. The van der Waals surface area contributed by atoms with Crippen LogP contribution < -0.4 is 15.8 Å². The van der Waals surface area contributed by atoms with Crippen LogP contribution >= 0.6 is 0 Å². The van der Waals surface area contributed by atoms with Gasteiger partial charge in [0.05, 0.1) is 12.8 Å². The highest BCUT2D eigenvalue weighted by atomic mass is 16.5. The summed E-state index contributed by atoms with van der Waals surface area (Å²) in [6.07, 6.45) is 1.60. The van der Waals surface area contributed by atoms with E-state index in [9.17, 15) is 4.79 Å². The van der Waals surface area contributed by atoms with Gasteiger partial charge in [-0.3, -0.25) is 4.79 Å². The van der Waals surface area contributed by atoms with Crippen molar-refractivity contribution in [1.82, 2.24) is 0 Å². The molecule has 0 saturated heterocycles. The molecule has 0 fully saturated rings. The first-order chi connectivity index (χ1) is 10.2. The molecule has 2 aromatic carbocycles. The summed E-state index contributed by atoms with van der Waals surface area (Å²) in [5.74, 6) is 0.641. The minimum atomic E-state index is -0.00859. The van der Waals surface area contributed by atoms with Crippen LogP contribution in [0.25, 0.3) is 0 Å². The fourth-order valence-electron chi connectivity index (χ4n) is 2.80. The third-order valence-electron chi connectivity index (χ3n) is 3.92. The lowest BCUT2D eigenvalue weighted by Crippen LogP contribution is -2.23. The van der Waals surface area contributed by atoms with E-state index in [2.05, 4.69) is 17.4 Å². The van der Waals surface area contributed by atoms with Crippen molar-refractivity contribution in [3.05, 3.63) is 53.6 Å². The first-order valence-corrected chi connectivity index (χ1v) is 6.98. The predicted octanol–water partition coefficient (Wildman–Crippen LogP) is 2.63. The highest BCUT2D eigenvalue weighted by Gasteiger charge is 2.27. The zero-order valence-electron chi connectivity index (χ0n) is 11.9. The molecular weight excluding hydrogens is 264 g/mol. The number of nitrogens with two attached hydrogens (primary N) is 1. The Hall–Kier alpha value is -2.49. The lowest BCUT2D eigenvalue weighted by Gasteiger charge is -2.12. The number of methoxy groups -OCH3 is 1. The van der Waals surface area contributed by atoms with Crippen molar-refractivity contribution in [2.75, 3.05) is 18.2 Å². The van der Waals surface area contributed by atoms with Crippen molar-refractivity contribution in [2.45, 2.75) is 12.8 Å². The van der Waals surface area contributed by atoms with Gasteiger partial charge in [0.15, 0.2) is 0 Å². The van der Waals surface area contributed by atoms with E-state index in [4.69, 9.17) is 10.5 Å². The molecule has 0 spiro atoms. The molecular formula is C17H18N2O2. The molecule has 0 saturated carbocycles. The van der Waals surface area contributed by atoms with Crippen molar-refractivity contribution in [3.8, 4) is 5.75 Å². The van der Waals surface area contributed by atoms with Crippen LogP contribution in [0.3, 0.4) is 0 Å². The van der Waals surface area contributed by atoms with Gasteiger partial charge in [-0.25, -0.2) is 0 Å². The Bertz CT molecular complexity index is 657. The molecule has 0 atom stereocenters. The lowest BCUT2D eigenvalue weighted by atomic mass is 10.1. The topological polar surface area (TPSA) is 64.3 Å². The van der Waals surface area contributed by atoms with Crippen LogP contribution in [0.5, 0.6) is 5.75 Å². The van der Waals surface area contributed by atoms with Crippen molar-refractivity contribution >= 4 is 17.3 Å². The summed E-state index contributed by atoms with van der Waals surface area (Å²) in [4.78, 5) is 12.4. The standard InChI is InChI=1S/C17H18N2O2/c1-21-16-7-6-14(10-15(16)18)19-17(20)13-8-11-4-2-3-5-12(11)9-13/h2-7,10,13H,8-9,18H2,1H3,(H,19,20). The maximum atomic E-state index is 12.4. The Morgan fingerprint density at radius 1 is 1.19 bits per heavy atom. The molecule has 0 bridgehead atoms. The zero-order valence-corrected chi connectivity index (χ0v) is 11.9. The third-order valence-corrected chi connectivity index (χ3v) is 3.92. The van der Waals surface area contributed by atoms with Crippen molar-refractivity contribution in [2.24, 2.45) is 5.92 Å². The van der Waals surface area contributed by atoms with Gasteiger partial charge >= 0.3 is 0 Å². The molecule has 1 amide bonds. The fraction of sp³-hybridized carbons (Fsp3) is 0.235. The Labute approximate surface area is 123 Å². The van der Waals surface area contributed by atoms with Crippen LogP contribution in [-0.4, -0.2) is 13.0 Å². The van der Waals surface area contributed by atoms with E-state index in [-0.39, 0.29) is 11.8 Å². The average molecular weight is 282 g/mol. The number of ether oxygens (including phenoxy) is 1. The number of fused-ring (bicyclic) bond motifs is 1. The summed E-state index contributed by atoms with van der Waals surface area (Å²) in [6.45, 7) is 0. The molecule has 3 N–H and O–H groups in total. The normalized spacial score (nSPS) is 13.8. The van der Waals surface area contributed by atoms with Crippen LogP contribution in [0.1, 0.15) is 11.1 Å². The number of amides is 1.